The second-order valence-electron chi connectivity index (χ2n) is 5.53. The molecule has 6 heteroatoms. The van der Waals surface area contributed by atoms with Crippen LogP contribution in [0, 0.1) is 11.7 Å². The number of rotatable bonds is 4. The number of carbonyl (C=O) groups is 1. The van der Waals surface area contributed by atoms with Crippen LogP contribution in [0.5, 0.6) is 0 Å². The number of amides is 1. The van der Waals surface area contributed by atoms with Crippen molar-refractivity contribution >= 4 is 16.8 Å². The van der Waals surface area contributed by atoms with Gasteiger partial charge in [-0.15, -0.1) is 0 Å². The second kappa shape index (κ2) is 5.27. The average Bonchev–Trinajstić information content (AvgIpc) is 3.26. The molecule has 0 spiro atoms. The Bertz CT molecular complexity index is 752. The Morgan fingerprint density at radius 1 is 1.52 bits per heavy atom. The van der Waals surface area contributed by atoms with E-state index in [1.807, 2.05) is 6.92 Å². The van der Waals surface area contributed by atoms with E-state index >= 15 is 0 Å². The zero-order valence-corrected chi connectivity index (χ0v) is 11.7. The minimum Gasteiger partial charge on any atom is -0.352 e. The van der Waals surface area contributed by atoms with E-state index in [-0.39, 0.29) is 24.1 Å². The van der Waals surface area contributed by atoms with Gasteiger partial charge in [0.1, 0.15) is 12.4 Å². The Labute approximate surface area is 120 Å². The number of halogens is 1. The van der Waals surface area contributed by atoms with Crippen LogP contribution in [-0.4, -0.2) is 21.5 Å². The monoisotopic (exact) mass is 289 g/mol. The standard InChI is InChI=1S/C15H16FN3O2/c1-9(10-2-3-10)18-14(20)7-19-8-17-13-6-11(16)4-5-12(13)15(19)21/h4-6,8-10H,2-3,7H2,1H3,(H,18,20)/t9-/m0/s1. The lowest BCUT2D eigenvalue weighted by Crippen LogP contribution is -2.38. The summed E-state index contributed by atoms with van der Waals surface area (Å²) in [5, 5.41) is 3.20. The number of carbonyl (C=O) groups excluding carboxylic acids is 1. The third kappa shape index (κ3) is 2.94. The van der Waals surface area contributed by atoms with Gasteiger partial charge in [0.2, 0.25) is 5.91 Å². The van der Waals surface area contributed by atoms with E-state index in [2.05, 4.69) is 10.3 Å². The van der Waals surface area contributed by atoms with Crippen LogP contribution in [0.1, 0.15) is 19.8 Å². The smallest absolute Gasteiger partial charge is 0.261 e. The summed E-state index contributed by atoms with van der Waals surface area (Å²) in [6, 6.07) is 3.94. The minimum atomic E-state index is -0.442. The van der Waals surface area contributed by atoms with Crippen LogP contribution in [0.3, 0.4) is 0 Å². The maximum Gasteiger partial charge on any atom is 0.261 e. The van der Waals surface area contributed by atoms with E-state index < -0.39 is 5.82 Å². The Morgan fingerprint density at radius 2 is 2.29 bits per heavy atom. The maximum atomic E-state index is 13.1. The molecule has 1 amide bonds. The Balaban J connectivity index is 1.80. The van der Waals surface area contributed by atoms with Gasteiger partial charge in [-0.25, -0.2) is 9.37 Å². The Morgan fingerprint density at radius 3 is 3.00 bits per heavy atom. The van der Waals surface area contributed by atoms with E-state index in [1.54, 1.807) is 0 Å². The van der Waals surface area contributed by atoms with E-state index in [9.17, 15) is 14.0 Å². The predicted molar refractivity (Wildman–Crippen MR) is 76.3 cm³/mol. The third-order valence-corrected chi connectivity index (χ3v) is 3.82. The lowest BCUT2D eigenvalue weighted by atomic mass is 10.2. The van der Waals surface area contributed by atoms with Gasteiger partial charge in [0.25, 0.3) is 5.56 Å². The van der Waals surface area contributed by atoms with Crippen molar-refractivity contribution < 1.29 is 9.18 Å². The van der Waals surface area contributed by atoms with Gasteiger partial charge in [-0.1, -0.05) is 0 Å². The van der Waals surface area contributed by atoms with Crippen LogP contribution in [0.15, 0.2) is 29.3 Å². The molecule has 1 N–H and O–H groups in total. The molecule has 1 aromatic carbocycles. The fourth-order valence-corrected chi connectivity index (χ4v) is 2.41. The van der Waals surface area contributed by atoms with Gasteiger partial charge in [0, 0.05) is 12.1 Å². The fourth-order valence-electron chi connectivity index (χ4n) is 2.41. The fraction of sp³-hybridized carbons (Fsp3) is 0.400. The summed E-state index contributed by atoms with van der Waals surface area (Å²) in [4.78, 5) is 28.2. The summed E-state index contributed by atoms with van der Waals surface area (Å²) in [7, 11) is 0. The van der Waals surface area contributed by atoms with Crippen molar-refractivity contribution in [2.75, 3.05) is 0 Å². The molecule has 21 heavy (non-hydrogen) atoms. The summed E-state index contributed by atoms with van der Waals surface area (Å²) in [6.07, 6.45) is 3.57. The largest absolute Gasteiger partial charge is 0.352 e. The first-order valence-corrected chi connectivity index (χ1v) is 6.98. The zero-order chi connectivity index (χ0) is 15.0. The summed E-state index contributed by atoms with van der Waals surface area (Å²) >= 11 is 0. The van der Waals surface area contributed by atoms with Crippen LogP contribution in [0.2, 0.25) is 0 Å². The molecule has 1 aromatic heterocycles. The summed E-state index contributed by atoms with van der Waals surface area (Å²) in [5.74, 6) is -0.0914. The first-order valence-electron chi connectivity index (χ1n) is 6.98. The molecule has 0 bridgehead atoms. The maximum absolute atomic E-state index is 13.1. The number of fused-ring (bicyclic) bond motifs is 1. The molecule has 1 aliphatic rings. The van der Waals surface area contributed by atoms with Crippen molar-refractivity contribution in [2.45, 2.75) is 32.4 Å². The molecule has 1 aliphatic carbocycles. The van der Waals surface area contributed by atoms with Crippen LogP contribution >= 0.6 is 0 Å². The number of aromatic nitrogens is 2. The third-order valence-electron chi connectivity index (χ3n) is 3.82. The molecule has 1 heterocycles. The second-order valence-corrected chi connectivity index (χ2v) is 5.53. The molecule has 0 unspecified atom stereocenters. The predicted octanol–water partition coefficient (Wildman–Crippen LogP) is 1.45. The van der Waals surface area contributed by atoms with Gasteiger partial charge in [-0.2, -0.15) is 0 Å². The Hall–Kier alpha value is -2.24. The van der Waals surface area contributed by atoms with Crippen molar-refractivity contribution in [3.63, 3.8) is 0 Å². The van der Waals surface area contributed by atoms with Crippen molar-refractivity contribution in [2.24, 2.45) is 5.92 Å². The summed E-state index contributed by atoms with van der Waals surface area (Å²) < 4.78 is 14.3. The number of nitrogens with zero attached hydrogens (tertiary/aromatic N) is 2. The molecule has 1 fully saturated rings. The SMILES string of the molecule is C[C@H](NC(=O)Cn1cnc2cc(F)ccc2c1=O)C1CC1. The van der Waals surface area contributed by atoms with Crippen molar-refractivity contribution in [1.82, 2.24) is 14.9 Å². The van der Waals surface area contributed by atoms with Gasteiger partial charge in [0.15, 0.2) is 0 Å². The number of hydrogen-bond donors (Lipinski definition) is 1. The molecule has 3 rings (SSSR count). The highest BCUT2D eigenvalue weighted by Gasteiger charge is 2.28. The van der Waals surface area contributed by atoms with E-state index in [4.69, 9.17) is 0 Å². The zero-order valence-electron chi connectivity index (χ0n) is 11.7. The van der Waals surface area contributed by atoms with Crippen LogP contribution in [-0.2, 0) is 11.3 Å². The number of benzene rings is 1. The molecule has 2 aromatic rings. The molecule has 0 radical (unpaired) electrons. The number of nitrogens with one attached hydrogen (secondary N) is 1. The van der Waals surface area contributed by atoms with E-state index in [1.165, 1.54) is 29.1 Å². The van der Waals surface area contributed by atoms with Gasteiger partial charge < -0.3 is 5.32 Å². The van der Waals surface area contributed by atoms with Crippen LogP contribution in [0.4, 0.5) is 4.39 Å². The first kappa shape index (κ1) is 13.7. The molecule has 0 aliphatic heterocycles. The highest BCUT2D eigenvalue weighted by Crippen LogP contribution is 2.32. The van der Waals surface area contributed by atoms with Crippen molar-refractivity contribution in [3.05, 3.63) is 40.7 Å². The molecular formula is C15H16FN3O2. The van der Waals surface area contributed by atoms with Gasteiger partial charge in [-0.3, -0.25) is 14.2 Å². The summed E-state index contributed by atoms with van der Waals surface area (Å²) in [6.45, 7) is 1.90. The van der Waals surface area contributed by atoms with Crippen LogP contribution < -0.4 is 10.9 Å². The normalized spacial score (nSPS) is 15.9. The van der Waals surface area contributed by atoms with Gasteiger partial charge in [-0.05, 0) is 37.8 Å². The topological polar surface area (TPSA) is 64.0 Å². The molecule has 1 saturated carbocycles. The lowest BCUT2D eigenvalue weighted by Gasteiger charge is -2.13. The average molecular weight is 289 g/mol. The molecule has 0 saturated heterocycles. The molecular weight excluding hydrogens is 273 g/mol. The lowest BCUT2D eigenvalue weighted by molar-refractivity contribution is -0.122. The Kier molecular flexibility index (Phi) is 3.45. The van der Waals surface area contributed by atoms with Gasteiger partial charge >= 0.3 is 0 Å². The first-order chi connectivity index (χ1) is 10.0. The van der Waals surface area contributed by atoms with E-state index in [0.29, 0.717) is 16.8 Å². The van der Waals surface area contributed by atoms with Crippen LogP contribution in [0.25, 0.3) is 10.9 Å². The molecule has 1 atom stereocenters. The van der Waals surface area contributed by atoms with Crippen molar-refractivity contribution in [1.29, 1.82) is 0 Å². The summed E-state index contributed by atoms with van der Waals surface area (Å²) in [5.41, 5.74) is -0.0442. The quantitative estimate of drug-likeness (QED) is 0.926. The molecule has 110 valence electrons. The highest BCUT2D eigenvalue weighted by atomic mass is 19.1. The minimum absolute atomic E-state index is 0.0732. The highest BCUT2D eigenvalue weighted by molar-refractivity contribution is 5.79. The molecule has 5 nitrogen and oxygen atoms in total. The van der Waals surface area contributed by atoms with Crippen molar-refractivity contribution in [3.8, 4) is 0 Å². The number of hydrogen-bond acceptors (Lipinski definition) is 3. The van der Waals surface area contributed by atoms with Gasteiger partial charge in [0.05, 0.1) is 17.2 Å². The van der Waals surface area contributed by atoms with E-state index in [0.717, 1.165) is 12.8 Å².